The van der Waals surface area contributed by atoms with E-state index >= 15 is 0 Å². The van der Waals surface area contributed by atoms with Crippen LogP contribution in [0.5, 0.6) is 0 Å². The van der Waals surface area contributed by atoms with E-state index in [2.05, 4.69) is 15.0 Å². The Kier molecular flexibility index (Phi) is 5.83. The molecule has 0 bridgehead atoms. The number of rotatable bonds is 5. The molecule has 2 aromatic rings. The molecular weight excluding hydrogens is 445 g/mol. The number of benzene rings is 1. The van der Waals surface area contributed by atoms with Gasteiger partial charge in [0.05, 0.1) is 25.9 Å². The zero-order valence-corrected chi connectivity index (χ0v) is 17.4. The molecule has 1 aromatic heterocycles. The molecule has 12 heteroatoms. The standard InChI is InChI=1S/C21H19F3N4O5/c1-32-19(30)26-10-14-11-28(20(31)33-14)13-3-4-15(16(22)8-13)12-2-5-17(25-9-12)27-7-6-21(23,24)18(27)29/h2-5,8-9,14H,6-7,10-11H2,1H3,(H,26,30)/t14-/m0/s1. The van der Waals surface area contributed by atoms with Crippen LogP contribution in [0.15, 0.2) is 36.5 Å². The lowest BCUT2D eigenvalue weighted by Crippen LogP contribution is -2.34. The summed E-state index contributed by atoms with van der Waals surface area (Å²) in [6.07, 6.45) is -1.27. The second-order valence-corrected chi connectivity index (χ2v) is 7.47. The molecule has 3 amide bonds. The molecule has 2 saturated heterocycles. The van der Waals surface area contributed by atoms with Crippen LogP contribution >= 0.6 is 0 Å². The Balaban J connectivity index is 1.46. The van der Waals surface area contributed by atoms with Crippen molar-refractivity contribution in [1.82, 2.24) is 10.3 Å². The zero-order valence-electron chi connectivity index (χ0n) is 17.4. The van der Waals surface area contributed by atoms with Crippen LogP contribution in [0.2, 0.25) is 0 Å². The van der Waals surface area contributed by atoms with Crippen molar-refractivity contribution in [3.8, 4) is 11.1 Å². The summed E-state index contributed by atoms with van der Waals surface area (Å²) < 4.78 is 51.4. The third kappa shape index (κ3) is 4.41. The van der Waals surface area contributed by atoms with Gasteiger partial charge in [-0.15, -0.1) is 0 Å². The SMILES string of the molecule is COC(=O)NC[C@H]1CN(c2ccc(-c3ccc(N4CCC(F)(F)C4=O)nc3)c(F)c2)C(=O)O1. The molecule has 2 fully saturated rings. The van der Waals surface area contributed by atoms with Gasteiger partial charge in [-0.3, -0.25) is 14.6 Å². The van der Waals surface area contributed by atoms with Crippen LogP contribution < -0.4 is 15.1 Å². The molecule has 9 nitrogen and oxygen atoms in total. The van der Waals surface area contributed by atoms with Crippen LogP contribution in [0.4, 0.5) is 34.3 Å². The van der Waals surface area contributed by atoms with Crippen molar-refractivity contribution in [1.29, 1.82) is 0 Å². The average molecular weight is 464 g/mol. The van der Waals surface area contributed by atoms with Gasteiger partial charge in [0, 0.05) is 30.3 Å². The minimum Gasteiger partial charge on any atom is -0.453 e. The smallest absolute Gasteiger partial charge is 0.414 e. The number of anilines is 2. The average Bonchev–Trinajstić information content (AvgIpc) is 3.30. The fraction of sp³-hybridized carbons (Fsp3) is 0.333. The van der Waals surface area contributed by atoms with E-state index in [9.17, 15) is 27.6 Å². The number of carbonyl (C=O) groups is 3. The van der Waals surface area contributed by atoms with Gasteiger partial charge in [0.25, 0.3) is 5.91 Å². The number of alkyl carbamates (subject to hydrolysis) is 1. The maximum atomic E-state index is 14.8. The Labute approximate surface area is 186 Å². The number of hydrogen-bond acceptors (Lipinski definition) is 6. The van der Waals surface area contributed by atoms with E-state index in [1.54, 1.807) is 0 Å². The molecule has 1 aromatic carbocycles. The lowest BCUT2D eigenvalue weighted by Gasteiger charge is -2.16. The van der Waals surface area contributed by atoms with Crippen LogP contribution in [0.3, 0.4) is 0 Å². The van der Waals surface area contributed by atoms with E-state index in [1.807, 2.05) is 0 Å². The Morgan fingerprint density at radius 3 is 2.67 bits per heavy atom. The first-order chi connectivity index (χ1) is 15.7. The molecule has 3 heterocycles. The predicted octanol–water partition coefficient (Wildman–Crippen LogP) is 2.94. The van der Waals surface area contributed by atoms with Gasteiger partial charge in [-0.25, -0.2) is 19.0 Å². The number of nitrogens with one attached hydrogen (secondary N) is 1. The first-order valence-corrected chi connectivity index (χ1v) is 9.95. The van der Waals surface area contributed by atoms with E-state index in [0.29, 0.717) is 5.56 Å². The summed E-state index contributed by atoms with van der Waals surface area (Å²) in [4.78, 5) is 41.2. The van der Waals surface area contributed by atoms with Gasteiger partial charge < -0.3 is 14.8 Å². The number of pyridine rings is 1. The van der Waals surface area contributed by atoms with Crippen LogP contribution in [-0.4, -0.2) is 61.8 Å². The van der Waals surface area contributed by atoms with Crippen LogP contribution in [0, 0.1) is 5.82 Å². The van der Waals surface area contributed by atoms with Crippen molar-refractivity contribution < 1.29 is 37.0 Å². The lowest BCUT2D eigenvalue weighted by molar-refractivity contribution is -0.137. The summed E-state index contributed by atoms with van der Waals surface area (Å²) in [5.41, 5.74) is 0.800. The number of methoxy groups -OCH3 is 1. The molecule has 0 spiro atoms. The van der Waals surface area contributed by atoms with E-state index in [-0.39, 0.29) is 36.7 Å². The van der Waals surface area contributed by atoms with Gasteiger partial charge in [0.2, 0.25) is 0 Å². The topological polar surface area (TPSA) is 101 Å². The number of halogens is 3. The number of carbonyl (C=O) groups excluding carboxylic acids is 3. The summed E-state index contributed by atoms with van der Waals surface area (Å²) in [7, 11) is 1.21. The predicted molar refractivity (Wildman–Crippen MR) is 110 cm³/mol. The van der Waals surface area contributed by atoms with Crippen molar-refractivity contribution in [3.05, 3.63) is 42.3 Å². The monoisotopic (exact) mass is 464 g/mol. The number of nitrogens with zero attached hydrogens (tertiary/aromatic N) is 3. The first kappa shape index (κ1) is 22.4. The van der Waals surface area contributed by atoms with E-state index in [4.69, 9.17) is 4.74 Å². The van der Waals surface area contributed by atoms with Crippen LogP contribution in [0.1, 0.15) is 6.42 Å². The van der Waals surface area contributed by atoms with Gasteiger partial charge >= 0.3 is 18.1 Å². The van der Waals surface area contributed by atoms with E-state index in [1.165, 1.54) is 42.5 Å². The molecule has 2 aliphatic rings. The highest BCUT2D eigenvalue weighted by Gasteiger charge is 2.48. The molecule has 0 radical (unpaired) electrons. The quantitative estimate of drug-likeness (QED) is 0.730. The lowest BCUT2D eigenvalue weighted by atomic mass is 10.1. The second kappa shape index (κ2) is 8.60. The molecule has 0 aliphatic carbocycles. The maximum absolute atomic E-state index is 14.8. The number of ether oxygens (including phenoxy) is 2. The highest BCUT2D eigenvalue weighted by Crippen LogP contribution is 2.33. The minimum absolute atomic E-state index is 0.0406. The van der Waals surface area contributed by atoms with Crippen LogP contribution in [-0.2, 0) is 14.3 Å². The summed E-state index contributed by atoms with van der Waals surface area (Å²) in [6.45, 7) is -0.00533. The number of cyclic esters (lactones) is 1. The Bertz CT molecular complexity index is 1100. The van der Waals surface area contributed by atoms with E-state index < -0.39 is 42.4 Å². The number of amides is 3. The fourth-order valence-corrected chi connectivity index (χ4v) is 3.60. The van der Waals surface area contributed by atoms with Crippen molar-refractivity contribution >= 4 is 29.6 Å². The largest absolute Gasteiger partial charge is 0.453 e. The Morgan fingerprint density at radius 1 is 1.27 bits per heavy atom. The summed E-state index contributed by atoms with van der Waals surface area (Å²) in [5, 5.41) is 2.43. The molecule has 2 aliphatic heterocycles. The molecule has 0 unspecified atom stereocenters. The van der Waals surface area contributed by atoms with Crippen molar-refractivity contribution in [3.63, 3.8) is 0 Å². The highest BCUT2D eigenvalue weighted by molar-refractivity contribution is 6.00. The molecule has 174 valence electrons. The Hall–Kier alpha value is -3.83. The maximum Gasteiger partial charge on any atom is 0.414 e. The molecule has 33 heavy (non-hydrogen) atoms. The highest BCUT2D eigenvalue weighted by atomic mass is 19.3. The molecular formula is C21H19F3N4O5. The summed E-state index contributed by atoms with van der Waals surface area (Å²) >= 11 is 0. The second-order valence-electron chi connectivity index (χ2n) is 7.47. The van der Waals surface area contributed by atoms with Gasteiger partial charge in [-0.1, -0.05) is 0 Å². The fourth-order valence-electron chi connectivity index (χ4n) is 3.60. The normalized spacial score (nSPS) is 19.6. The zero-order chi connectivity index (χ0) is 23.8. The minimum atomic E-state index is -3.41. The van der Waals surface area contributed by atoms with Crippen molar-refractivity contribution in [2.24, 2.45) is 0 Å². The molecule has 1 atom stereocenters. The third-order valence-corrected chi connectivity index (χ3v) is 5.34. The Morgan fingerprint density at radius 2 is 2.06 bits per heavy atom. The summed E-state index contributed by atoms with van der Waals surface area (Å²) in [5.74, 6) is -5.30. The van der Waals surface area contributed by atoms with E-state index in [0.717, 1.165) is 11.0 Å². The van der Waals surface area contributed by atoms with Crippen LogP contribution in [0.25, 0.3) is 11.1 Å². The number of aromatic nitrogens is 1. The van der Waals surface area contributed by atoms with Crippen molar-refractivity contribution in [2.75, 3.05) is 36.5 Å². The summed E-state index contributed by atoms with van der Waals surface area (Å²) in [6, 6.07) is 6.98. The van der Waals surface area contributed by atoms with Crippen molar-refractivity contribution in [2.45, 2.75) is 18.4 Å². The number of hydrogen-bond donors (Lipinski definition) is 1. The molecule has 0 saturated carbocycles. The number of alkyl halides is 2. The third-order valence-electron chi connectivity index (χ3n) is 5.34. The van der Waals surface area contributed by atoms with Gasteiger partial charge in [-0.05, 0) is 30.3 Å². The molecule has 4 rings (SSSR count). The molecule has 1 N–H and O–H groups in total. The van der Waals surface area contributed by atoms with Gasteiger partial charge in [0.1, 0.15) is 17.7 Å². The van der Waals surface area contributed by atoms with Gasteiger partial charge in [-0.2, -0.15) is 8.78 Å². The first-order valence-electron chi connectivity index (χ1n) is 9.95. The van der Waals surface area contributed by atoms with Gasteiger partial charge in [0.15, 0.2) is 0 Å².